The molecule has 14 heavy (non-hydrogen) atoms. The first-order valence-electron chi connectivity index (χ1n) is 3.80. The van der Waals surface area contributed by atoms with Crippen LogP contribution in [0.3, 0.4) is 0 Å². The quantitative estimate of drug-likeness (QED) is 0.929. The molecule has 0 saturated heterocycles. The summed E-state index contributed by atoms with van der Waals surface area (Å²) in [7, 11) is -1.83. The van der Waals surface area contributed by atoms with Crippen molar-refractivity contribution >= 4 is 37.6 Å². The summed E-state index contributed by atoms with van der Waals surface area (Å²) < 4.78 is 25.4. The Labute approximate surface area is 96.6 Å². The van der Waals surface area contributed by atoms with Gasteiger partial charge in [0.2, 0.25) is 10.0 Å². The lowest BCUT2D eigenvalue weighted by atomic mass is 10.2. The molecule has 0 heterocycles. The van der Waals surface area contributed by atoms with E-state index < -0.39 is 10.0 Å². The molecule has 0 bridgehead atoms. The first kappa shape index (κ1) is 12.0. The van der Waals surface area contributed by atoms with Gasteiger partial charge in [0.05, 0.1) is 10.8 Å². The van der Waals surface area contributed by atoms with Crippen molar-refractivity contribution in [3.8, 4) is 0 Å². The van der Waals surface area contributed by atoms with Crippen LogP contribution in [0, 0.1) is 0 Å². The van der Waals surface area contributed by atoms with Gasteiger partial charge >= 0.3 is 0 Å². The van der Waals surface area contributed by atoms with Gasteiger partial charge in [-0.25, -0.2) is 13.1 Å². The first-order valence-corrected chi connectivity index (χ1v) is 6.62. The van der Waals surface area contributed by atoms with Crippen molar-refractivity contribution in [3.63, 3.8) is 0 Å². The van der Waals surface area contributed by atoms with Gasteiger partial charge in [-0.2, -0.15) is 0 Å². The molecule has 0 unspecified atom stereocenters. The highest BCUT2D eigenvalue weighted by atomic mass is 79.9. The molecule has 0 fully saturated rings. The molecule has 6 heteroatoms. The molecule has 0 aromatic heterocycles. The molecular weight excluding hydrogens is 290 g/mol. The van der Waals surface area contributed by atoms with Crippen LogP contribution in [-0.2, 0) is 15.8 Å². The standard InChI is InChI=1S/C8H9BrClNO2S/c1-11-14(12,13)5-6-2-3-8(10)7(9)4-6/h2-4,11H,5H2,1H3. The Kier molecular flexibility index (Phi) is 3.94. The Hall–Kier alpha value is -0.100. The molecule has 1 N–H and O–H groups in total. The molecule has 0 aliphatic carbocycles. The summed E-state index contributed by atoms with van der Waals surface area (Å²) in [6.45, 7) is 0. The van der Waals surface area contributed by atoms with E-state index in [4.69, 9.17) is 11.6 Å². The highest BCUT2D eigenvalue weighted by molar-refractivity contribution is 9.10. The number of halogens is 2. The van der Waals surface area contributed by atoms with Crippen molar-refractivity contribution in [3.05, 3.63) is 33.3 Å². The molecule has 0 saturated carbocycles. The summed E-state index contributed by atoms with van der Waals surface area (Å²) in [4.78, 5) is 0. The Morgan fingerprint density at radius 2 is 2.14 bits per heavy atom. The molecule has 1 rings (SSSR count). The van der Waals surface area contributed by atoms with Crippen LogP contribution < -0.4 is 4.72 Å². The third kappa shape index (κ3) is 3.24. The van der Waals surface area contributed by atoms with Gasteiger partial charge in [-0.1, -0.05) is 17.7 Å². The Balaban J connectivity index is 2.94. The van der Waals surface area contributed by atoms with E-state index in [1.54, 1.807) is 18.2 Å². The predicted molar refractivity (Wildman–Crippen MR) is 60.8 cm³/mol. The van der Waals surface area contributed by atoms with Crippen LogP contribution in [0.1, 0.15) is 5.56 Å². The zero-order valence-electron chi connectivity index (χ0n) is 7.42. The fourth-order valence-electron chi connectivity index (χ4n) is 0.921. The third-order valence-electron chi connectivity index (χ3n) is 1.65. The number of benzene rings is 1. The third-order valence-corrected chi connectivity index (χ3v) is 4.20. The van der Waals surface area contributed by atoms with Crippen molar-refractivity contribution in [1.82, 2.24) is 4.72 Å². The van der Waals surface area contributed by atoms with E-state index in [1.807, 2.05) is 0 Å². The normalized spacial score (nSPS) is 11.6. The lowest BCUT2D eigenvalue weighted by molar-refractivity contribution is 0.587. The van der Waals surface area contributed by atoms with E-state index in [9.17, 15) is 8.42 Å². The molecule has 0 atom stereocenters. The van der Waals surface area contributed by atoms with Gasteiger partial charge < -0.3 is 0 Å². The van der Waals surface area contributed by atoms with Crippen LogP contribution in [0.25, 0.3) is 0 Å². The maximum Gasteiger partial charge on any atom is 0.215 e. The average Bonchev–Trinajstić information content (AvgIpc) is 2.11. The summed E-state index contributed by atoms with van der Waals surface area (Å²) in [6, 6.07) is 5.03. The zero-order chi connectivity index (χ0) is 10.8. The van der Waals surface area contributed by atoms with Crippen LogP contribution in [0.4, 0.5) is 0 Å². The summed E-state index contributed by atoms with van der Waals surface area (Å²) in [5.41, 5.74) is 0.690. The van der Waals surface area contributed by atoms with Crippen LogP contribution in [-0.4, -0.2) is 15.5 Å². The van der Waals surface area contributed by atoms with Crippen LogP contribution in [0.15, 0.2) is 22.7 Å². The van der Waals surface area contributed by atoms with Crippen molar-refractivity contribution < 1.29 is 8.42 Å². The minimum absolute atomic E-state index is 0.0424. The highest BCUT2D eigenvalue weighted by Gasteiger charge is 2.09. The average molecular weight is 299 g/mol. The van der Waals surface area contributed by atoms with Crippen molar-refractivity contribution in [2.45, 2.75) is 5.75 Å². The lowest BCUT2D eigenvalue weighted by Crippen LogP contribution is -2.20. The number of nitrogens with one attached hydrogen (secondary N) is 1. The highest BCUT2D eigenvalue weighted by Crippen LogP contribution is 2.23. The topological polar surface area (TPSA) is 46.2 Å². The number of rotatable bonds is 3. The molecular formula is C8H9BrClNO2S. The summed E-state index contributed by atoms with van der Waals surface area (Å²) in [6.07, 6.45) is 0. The van der Waals surface area contributed by atoms with E-state index in [-0.39, 0.29) is 5.75 Å². The minimum Gasteiger partial charge on any atom is -0.218 e. The number of hydrogen-bond donors (Lipinski definition) is 1. The summed E-state index contributed by atoms with van der Waals surface area (Å²) in [5, 5.41) is 0.565. The van der Waals surface area contributed by atoms with Gasteiger partial charge in [-0.05, 0) is 40.7 Å². The van der Waals surface area contributed by atoms with Crippen molar-refractivity contribution in [1.29, 1.82) is 0 Å². The Morgan fingerprint density at radius 1 is 1.50 bits per heavy atom. The van der Waals surface area contributed by atoms with E-state index >= 15 is 0 Å². The Bertz CT molecular complexity index is 433. The van der Waals surface area contributed by atoms with Gasteiger partial charge in [-0.15, -0.1) is 0 Å². The predicted octanol–water partition coefficient (Wildman–Crippen LogP) is 2.15. The molecule has 1 aromatic rings. The smallest absolute Gasteiger partial charge is 0.215 e. The molecule has 3 nitrogen and oxygen atoms in total. The second kappa shape index (κ2) is 4.61. The fourth-order valence-corrected chi connectivity index (χ4v) is 2.23. The molecule has 78 valence electrons. The molecule has 0 radical (unpaired) electrons. The summed E-state index contributed by atoms with van der Waals surface area (Å²) >= 11 is 9.00. The van der Waals surface area contributed by atoms with E-state index in [0.717, 1.165) is 0 Å². The van der Waals surface area contributed by atoms with Gasteiger partial charge in [0, 0.05) is 4.47 Å². The van der Waals surface area contributed by atoms with Gasteiger partial charge in [-0.3, -0.25) is 0 Å². The second-order valence-corrected chi connectivity index (χ2v) is 5.90. The van der Waals surface area contributed by atoms with Crippen LogP contribution >= 0.6 is 27.5 Å². The lowest BCUT2D eigenvalue weighted by Gasteiger charge is -2.03. The van der Waals surface area contributed by atoms with E-state index in [1.165, 1.54) is 7.05 Å². The van der Waals surface area contributed by atoms with Gasteiger partial charge in [0.25, 0.3) is 0 Å². The van der Waals surface area contributed by atoms with Crippen LogP contribution in [0.5, 0.6) is 0 Å². The SMILES string of the molecule is CNS(=O)(=O)Cc1ccc(Cl)c(Br)c1. The minimum atomic E-state index is -3.22. The molecule has 1 aromatic carbocycles. The number of hydrogen-bond acceptors (Lipinski definition) is 2. The molecule has 0 aliphatic rings. The van der Waals surface area contributed by atoms with E-state index in [0.29, 0.717) is 15.1 Å². The first-order chi connectivity index (χ1) is 6.44. The molecule has 0 spiro atoms. The maximum atomic E-state index is 11.2. The maximum absolute atomic E-state index is 11.2. The monoisotopic (exact) mass is 297 g/mol. The second-order valence-electron chi connectivity index (χ2n) is 2.71. The van der Waals surface area contributed by atoms with Crippen molar-refractivity contribution in [2.24, 2.45) is 0 Å². The molecule has 0 aliphatic heterocycles. The van der Waals surface area contributed by atoms with Gasteiger partial charge in [0.15, 0.2) is 0 Å². The van der Waals surface area contributed by atoms with Gasteiger partial charge in [0.1, 0.15) is 0 Å². The van der Waals surface area contributed by atoms with Crippen molar-refractivity contribution in [2.75, 3.05) is 7.05 Å². The zero-order valence-corrected chi connectivity index (χ0v) is 10.6. The van der Waals surface area contributed by atoms with E-state index in [2.05, 4.69) is 20.7 Å². The van der Waals surface area contributed by atoms with Crippen LogP contribution in [0.2, 0.25) is 5.02 Å². The largest absolute Gasteiger partial charge is 0.218 e. The Morgan fingerprint density at radius 3 is 2.64 bits per heavy atom. The number of sulfonamides is 1. The summed E-state index contributed by atoms with van der Waals surface area (Å²) in [5.74, 6) is -0.0424. The fraction of sp³-hybridized carbons (Fsp3) is 0.250. The molecule has 0 amide bonds.